The third-order valence-electron chi connectivity index (χ3n) is 3.66. The molecule has 2 N–H and O–H groups in total. The number of hydrogen-bond acceptors (Lipinski definition) is 2. The number of fused-ring (bicyclic) bond motifs is 1. The summed E-state index contributed by atoms with van der Waals surface area (Å²) in [5, 5.41) is 11.5. The third kappa shape index (κ3) is 2.59. The second-order valence-corrected chi connectivity index (χ2v) is 5.08. The Morgan fingerprint density at radius 2 is 1.71 bits per heavy atom. The minimum absolute atomic E-state index is 0.335. The molecular weight excluding hydrogens is 276 g/mol. The van der Waals surface area contributed by atoms with E-state index < -0.39 is 23.2 Å². The molecule has 0 amide bonds. The van der Waals surface area contributed by atoms with Crippen LogP contribution in [-0.4, -0.2) is 11.1 Å². The van der Waals surface area contributed by atoms with Crippen molar-refractivity contribution in [1.82, 2.24) is 0 Å². The molecule has 2 aromatic carbocycles. The highest BCUT2D eigenvalue weighted by Gasteiger charge is 2.16. The van der Waals surface area contributed by atoms with E-state index >= 15 is 0 Å². The van der Waals surface area contributed by atoms with Gasteiger partial charge in [0.25, 0.3) is 0 Å². The van der Waals surface area contributed by atoms with Crippen LogP contribution in [0.2, 0.25) is 0 Å². The molecule has 0 spiro atoms. The van der Waals surface area contributed by atoms with Crippen LogP contribution in [0.3, 0.4) is 0 Å². The average molecular weight is 289 g/mol. The normalized spacial score (nSPS) is 13.0. The van der Waals surface area contributed by atoms with E-state index in [-0.39, 0.29) is 5.69 Å². The molecule has 0 aromatic heterocycles. The lowest BCUT2D eigenvalue weighted by molar-refractivity contribution is 0.0696. The lowest BCUT2D eigenvalue weighted by atomic mass is 10.1. The Morgan fingerprint density at radius 3 is 2.38 bits per heavy atom. The average Bonchev–Trinajstić information content (AvgIpc) is 2.90. The maximum atomic E-state index is 13.9. The topological polar surface area (TPSA) is 49.3 Å². The van der Waals surface area contributed by atoms with E-state index in [4.69, 9.17) is 5.11 Å². The van der Waals surface area contributed by atoms with Gasteiger partial charge in [0, 0.05) is 5.69 Å². The summed E-state index contributed by atoms with van der Waals surface area (Å²) in [6, 6.07) is 7.22. The predicted octanol–water partition coefficient (Wildman–Crippen LogP) is 3.90. The maximum absolute atomic E-state index is 13.9. The number of nitrogens with one attached hydrogen (secondary N) is 1. The predicted molar refractivity (Wildman–Crippen MR) is 75.1 cm³/mol. The minimum Gasteiger partial charge on any atom is -0.478 e. The van der Waals surface area contributed by atoms with Gasteiger partial charge in [-0.3, -0.25) is 0 Å². The Bertz CT molecular complexity index is 705. The zero-order valence-electron chi connectivity index (χ0n) is 11.1. The molecule has 3 rings (SSSR count). The second-order valence-electron chi connectivity index (χ2n) is 5.08. The van der Waals surface area contributed by atoms with Gasteiger partial charge in [0.05, 0.1) is 5.56 Å². The van der Waals surface area contributed by atoms with Gasteiger partial charge in [-0.2, -0.15) is 0 Å². The molecular formula is C16H13F2NO2. The molecule has 21 heavy (non-hydrogen) atoms. The first kappa shape index (κ1) is 13.5. The maximum Gasteiger partial charge on any atom is 0.335 e. The summed E-state index contributed by atoms with van der Waals surface area (Å²) in [6.07, 6.45) is 3.09. The fraction of sp³-hybridized carbons (Fsp3) is 0.188. The van der Waals surface area contributed by atoms with Crippen LogP contribution in [0.5, 0.6) is 0 Å². The van der Waals surface area contributed by atoms with Crippen molar-refractivity contribution in [2.24, 2.45) is 0 Å². The fourth-order valence-corrected chi connectivity index (χ4v) is 2.61. The Morgan fingerprint density at radius 1 is 1.05 bits per heavy atom. The number of hydrogen-bond donors (Lipinski definition) is 2. The van der Waals surface area contributed by atoms with Crippen molar-refractivity contribution in [3.8, 4) is 0 Å². The van der Waals surface area contributed by atoms with E-state index in [9.17, 15) is 13.6 Å². The van der Waals surface area contributed by atoms with Crippen molar-refractivity contribution < 1.29 is 18.7 Å². The molecule has 0 unspecified atom stereocenters. The largest absolute Gasteiger partial charge is 0.478 e. The van der Waals surface area contributed by atoms with Gasteiger partial charge >= 0.3 is 5.97 Å². The molecule has 0 radical (unpaired) electrons. The quantitative estimate of drug-likeness (QED) is 0.901. The molecule has 108 valence electrons. The van der Waals surface area contributed by atoms with Gasteiger partial charge in [-0.05, 0) is 54.7 Å². The van der Waals surface area contributed by atoms with Crippen LogP contribution in [0.15, 0.2) is 30.3 Å². The first-order valence-electron chi connectivity index (χ1n) is 6.66. The summed E-state index contributed by atoms with van der Waals surface area (Å²) < 4.78 is 27.7. The number of aromatic carboxylic acids is 1. The van der Waals surface area contributed by atoms with Gasteiger partial charge in [-0.15, -0.1) is 0 Å². The number of aryl methyl sites for hydroxylation is 2. The molecule has 0 heterocycles. The van der Waals surface area contributed by atoms with Crippen molar-refractivity contribution in [2.75, 3.05) is 5.32 Å². The lowest BCUT2D eigenvalue weighted by Crippen LogP contribution is -2.03. The Labute approximate surface area is 120 Å². The Hall–Kier alpha value is -2.43. The van der Waals surface area contributed by atoms with E-state index in [1.165, 1.54) is 11.1 Å². The van der Waals surface area contributed by atoms with Crippen LogP contribution in [0, 0.1) is 11.6 Å². The first-order chi connectivity index (χ1) is 10.0. The van der Waals surface area contributed by atoms with Crippen LogP contribution < -0.4 is 5.32 Å². The van der Waals surface area contributed by atoms with E-state index in [0.717, 1.165) is 31.4 Å². The summed E-state index contributed by atoms with van der Waals surface area (Å²) >= 11 is 0. The van der Waals surface area contributed by atoms with Gasteiger partial charge in [0.15, 0.2) is 11.6 Å². The zero-order chi connectivity index (χ0) is 15.0. The van der Waals surface area contributed by atoms with E-state index in [1.807, 2.05) is 12.1 Å². The number of halogens is 2. The van der Waals surface area contributed by atoms with Crippen molar-refractivity contribution in [1.29, 1.82) is 0 Å². The Kier molecular flexibility index (Phi) is 3.33. The lowest BCUT2D eigenvalue weighted by Gasteiger charge is -2.11. The van der Waals surface area contributed by atoms with E-state index in [2.05, 4.69) is 5.32 Å². The molecule has 0 saturated carbocycles. The Balaban J connectivity index is 1.93. The smallest absolute Gasteiger partial charge is 0.335 e. The zero-order valence-corrected chi connectivity index (χ0v) is 11.1. The number of carbonyl (C=O) groups is 1. The monoisotopic (exact) mass is 289 g/mol. The summed E-state index contributed by atoms with van der Waals surface area (Å²) in [5.74, 6) is -3.21. The van der Waals surface area contributed by atoms with Gasteiger partial charge in [0.1, 0.15) is 5.69 Å². The molecule has 0 atom stereocenters. The third-order valence-corrected chi connectivity index (χ3v) is 3.66. The molecule has 0 saturated heterocycles. The van der Waals surface area contributed by atoms with E-state index in [1.54, 1.807) is 6.07 Å². The molecule has 1 aliphatic rings. The van der Waals surface area contributed by atoms with Gasteiger partial charge in [-0.25, -0.2) is 13.6 Å². The molecule has 2 aromatic rings. The minimum atomic E-state index is -1.36. The number of benzene rings is 2. The number of carboxylic acid groups (broad SMARTS) is 1. The highest BCUT2D eigenvalue weighted by molar-refractivity contribution is 5.88. The summed E-state index contributed by atoms with van der Waals surface area (Å²) in [7, 11) is 0. The van der Waals surface area contributed by atoms with Gasteiger partial charge < -0.3 is 10.4 Å². The standard InChI is InChI=1S/C16H13F2NO2/c17-13-7-11(16(20)21)8-14(18)15(13)19-12-5-4-9-2-1-3-10(9)6-12/h4-8,19H,1-3H2,(H,20,21). The second kappa shape index (κ2) is 5.16. The van der Waals surface area contributed by atoms with Crippen molar-refractivity contribution in [3.63, 3.8) is 0 Å². The van der Waals surface area contributed by atoms with Crippen LogP contribution in [0.1, 0.15) is 27.9 Å². The highest BCUT2D eigenvalue weighted by Crippen LogP contribution is 2.29. The van der Waals surface area contributed by atoms with Crippen molar-refractivity contribution >= 4 is 17.3 Å². The van der Waals surface area contributed by atoms with Crippen LogP contribution in [0.25, 0.3) is 0 Å². The summed E-state index contributed by atoms with van der Waals surface area (Å²) in [5.41, 5.74) is 2.30. The molecule has 0 bridgehead atoms. The molecule has 5 heteroatoms. The van der Waals surface area contributed by atoms with Crippen LogP contribution in [0.4, 0.5) is 20.2 Å². The fourth-order valence-electron chi connectivity index (χ4n) is 2.61. The molecule has 0 aliphatic heterocycles. The number of rotatable bonds is 3. The summed E-state index contributed by atoms with van der Waals surface area (Å²) in [6.45, 7) is 0. The summed E-state index contributed by atoms with van der Waals surface area (Å²) in [4.78, 5) is 10.7. The number of carboxylic acids is 1. The van der Waals surface area contributed by atoms with Crippen molar-refractivity contribution in [3.05, 3.63) is 58.7 Å². The van der Waals surface area contributed by atoms with E-state index in [0.29, 0.717) is 5.69 Å². The van der Waals surface area contributed by atoms with Crippen LogP contribution >= 0.6 is 0 Å². The first-order valence-corrected chi connectivity index (χ1v) is 6.66. The van der Waals surface area contributed by atoms with Gasteiger partial charge in [0.2, 0.25) is 0 Å². The molecule has 3 nitrogen and oxygen atoms in total. The van der Waals surface area contributed by atoms with Gasteiger partial charge in [-0.1, -0.05) is 6.07 Å². The SMILES string of the molecule is O=C(O)c1cc(F)c(Nc2ccc3c(c2)CCC3)c(F)c1. The highest BCUT2D eigenvalue weighted by atomic mass is 19.1. The number of anilines is 2. The van der Waals surface area contributed by atoms with Crippen LogP contribution in [-0.2, 0) is 12.8 Å². The molecule has 0 fully saturated rings. The molecule has 1 aliphatic carbocycles. The van der Waals surface area contributed by atoms with Crippen molar-refractivity contribution in [2.45, 2.75) is 19.3 Å².